The van der Waals surface area contributed by atoms with E-state index in [9.17, 15) is 14.7 Å². The summed E-state index contributed by atoms with van der Waals surface area (Å²) in [4.78, 5) is 28.8. The maximum absolute atomic E-state index is 12.1. The predicted octanol–water partition coefficient (Wildman–Crippen LogP) is 1.28. The molecule has 0 saturated carbocycles. The summed E-state index contributed by atoms with van der Waals surface area (Å²) in [5.74, 6) is -0.359. The number of hydrogen-bond acceptors (Lipinski definition) is 5. The molecular weight excluding hydrogens is 290 g/mol. The highest BCUT2D eigenvalue weighted by Gasteiger charge is 2.18. The standard InChI is InChI=1S/C14H19N3O3S/c1-3-9(4-2)11(18)8-15-12(19)10-7-16-14-17(13(10)20)5-6-21-14/h5-7,9,11,18H,3-4,8H2,1-2H3,(H,15,19). The molecule has 2 aromatic heterocycles. The first-order valence-electron chi connectivity index (χ1n) is 6.99. The monoisotopic (exact) mass is 309 g/mol. The summed E-state index contributed by atoms with van der Waals surface area (Å²) in [6.07, 6.45) is 3.96. The number of aliphatic hydroxyl groups excluding tert-OH is 1. The van der Waals surface area contributed by atoms with Crippen LogP contribution < -0.4 is 10.9 Å². The van der Waals surface area contributed by atoms with Crippen LogP contribution in [-0.4, -0.2) is 33.0 Å². The van der Waals surface area contributed by atoms with Gasteiger partial charge in [0.15, 0.2) is 4.96 Å². The van der Waals surface area contributed by atoms with Gasteiger partial charge in [-0.25, -0.2) is 4.98 Å². The van der Waals surface area contributed by atoms with E-state index >= 15 is 0 Å². The zero-order valence-electron chi connectivity index (χ0n) is 12.1. The highest BCUT2D eigenvalue weighted by molar-refractivity contribution is 7.15. The number of nitrogens with zero attached hydrogens (tertiary/aromatic N) is 2. The fourth-order valence-electron chi connectivity index (χ4n) is 2.27. The number of hydrogen-bond donors (Lipinski definition) is 2. The van der Waals surface area contributed by atoms with Gasteiger partial charge in [0.25, 0.3) is 11.5 Å². The number of aromatic nitrogens is 2. The first-order valence-corrected chi connectivity index (χ1v) is 7.87. The molecular formula is C14H19N3O3S. The fraction of sp³-hybridized carbons (Fsp3) is 0.500. The number of amides is 1. The number of nitrogens with one attached hydrogen (secondary N) is 1. The fourth-order valence-corrected chi connectivity index (χ4v) is 2.95. The van der Waals surface area contributed by atoms with E-state index in [4.69, 9.17) is 0 Å². The SMILES string of the molecule is CCC(CC)C(O)CNC(=O)c1cnc2sccn2c1=O. The highest BCUT2D eigenvalue weighted by atomic mass is 32.1. The van der Waals surface area contributed by atoms with Crippen molar-refractivity contribution >= 4 is 22.2 Å². The van der Waals surface area contributed by atoms with Crippen molar-refractivity contribution in [1.29, 1.82) is 0 Å². The van der Waals surface area contributed by atoms with Crippen LogP contribution in [0.3, 0.4) is 0 Å². The second-order valence-electron chi connectivity index (χ2n) is 4.89. The largest absolute Gasteiger partial charge is 0.391 e. The molecule has 1 unspecified atom stereocenters. The maximum Gasteiger partial charge on any atom is 0.271 e. The average molecular weight is 309 g/mol. The van der Waals surface area contributed by atoms with Gasteiger partial charge in [-0.15, -0.1) is 11.3 Å². The van der Waals surface area contributed by atoms with E-state index in [1.807, 2.05) is 13.8 Å². The summed E-state index contributed by atoms with van der Waals surface area (Å²) in [5, 5.41) is 14.3. The van der Waals surface area contributed by atoms with Crippen molar-refractivity contribution in [3.63, 3.8) is 0 Å². The van der Waals surface area contributed by atoms with Gasteiger partial charge in [0, 0.05) is 24.3 Å². The Bertz CT molecular complexity index is 675. The summed E-state index contributed by atoms with van der Waals surface area (Å²) in [6.45, 7) is 4.14. The zero-order valence-corrected chi connectivity index (χ0v) is 12.9. The number of fused-ring (bicyclic) bond motifs is 1. The average Bonchev–Trinajstić information content (AvgIpc) is 2.96. The van der Waals surface area contributed by atoms with Gasteiger partial charge in [0.1, 0.15) is 5.56 Å². The number of aliphatic hydroxyl groups is 1. The Kier molecular flexibility index (Phi) is 5.08. The van der Waals surface area contributed by atoms with E-state index in [2.05, 4.69) is 10.3 Å². The van der Waals surface area contributed by atoms with E-state index in [0.717, 1.165) is 12.8 Å². The van der Waals surface area contributed by atoms with Crippen LogP contribution in [0, 0.1) is 5.92 Å². The number of carbonyl (C=O) groups is 1. The Morgan fingerprint density at radius 1 is 1.48 bits per heavy atom. The molecule has 2 N–H and O–H groups in total. The number of rotatable bonds is 6. The minimum atomic E-state index is -0.607. The topological polar surface area (TPSA) is 83.7 Å². The van der Waals surface area contributed by atoms with Gasteiger partial charge in [-0.3, -0.25) is 14.0 Å². The van der Waals surface area contributed by atoms with Crippen LogP contribution in [0.5, 0.6) is 0 Å². The van der Waals surface area contributed by atoms with Crippen LogP contribution in [0.25, 0.3) is 4.96 Å². The lowest BCUT2D eigenvalue weighted by Gasteiger charge is -2.20. The van der Waals surface area contributed by atoms with Crippen LogP contribution >= 0.6 is 11.3 Å². The second-order valence-corrected chi connectivity index (χ2v) is 5.76. The van der Waals surface area contributed by atoms with Crippen molar-refractivity contribution in [2.45, 2.75) is 32.8 Å². The molecule has 2 rings (SSSR count). The van der Waals surface area contributed by atoms with Gasteiger partial charge in [0.05, 0.1) is 6.10 Å². The van der Waals surface area contributed by atoms with Gasteiger partial charge >= 0.3 is 0 Å². The van der Waals surface area contributed by atoms with Crippen molar-refractivity contribution < 1.29 is 9.90 Å². The molecule has 1 atom stereocenters. The van der Waals surface area contributed by atoms with E-state index in [1.54, 1.807) is 11.6 Å². The van der Waals surface area contributed by atoms with Crippen LogP contribution in [0.2, 0.25) is 0 Å². The van der Waals surface area contributed by atoms with Gasteiger partial charge in [0.2, 0.25) is 0 Å². The van der Waals surface area contributed by atoms with E-state index in [0.29, 0.717) is 4.96 Å². The minimum Gasteiger partial charge on any atom is -0.391 e. The van der Waals surface area contributed by atoms with Crippen LogP contribution in [0.4, 0.5) is 0 Å². The molecule has 1 amide bonds. The van der Waals surface area contributed by atoms with Crippen LogP contribution in [0.15, 0.2) is 22.6 Å². The van der Waals surface area contributed by atoms with Gasteiger partial charge in [-0.2, -0.15) is 0 Å². The quantitative estimate of drug-likeness (QED) is 0.842. The smallest absolute Gasteiger partial charge is 0.271 e. The van der Waals surface area contributed by atoms with Gasteiger partial charge in [-0.1, -0.05) is 26.7 Å². The minimum absolute atomic E-state index is 0.0114. The molecule has 0 aliphatic carbocycles. The maximum atomic E-state index is 12.1. The van der Waals surface area contributed by atoms with E-state index in [1.165, 1.54) is 21.9 Å². The Labute approximate surface area is 126 Å². The molecule has 0 saturated heterocycles. The molecule has 0 bridgehead atoms. The third kappa shape index (κ3) is 3.30. The summed E-state index contributed by atoms with van der Waals surface area (Å²) < 4.78 is 1.34. The Balaban J connectivity index is 2.09. The molecule has 21 heavy (non-hydrogen) atoms. The zero-order chi connectivity index (χ0) is 15.4. The van der Waals surface area contributed by atoms with Gasteiger partial charge < -0.3 is 10.4 Å². The molecule has 7 heteroatoms. The third-order valence-electron chi connectivity index (χ3n) is 3.65. The van der Waals surface area contributed by atoms with Gasteiger partial charge in [-0.05, 0) is 5.92 Å². The first-order chi connectivity index (χ1) is 10.1. The van der Waals surface area contributed by atoms with Crippen LogP contribution in [0.1, 0.15) is 37.0 Å². The molecule has 0 aliphatic rings. The lowest BCUT2D eigenvalue weighted by atomic mass is 9.96. The highest BCUT2D eigenvalue weighted by Crippen LogP contribution is 2.12. The van der Waals surface area contributed by atoms with Crippen molar-refractivity contribution in [3.8, 4) is 0 Å². The molecule has 0 radical (unpaired) electrons. The summed E-state index contributed by atoms with van der Waals surface area (Å²) >= 11 is 1.33. The molecule has 0 fully saturated rings. The molecule has 6 nitrogen and oxygen atoms in total. The van der Waals surface area contributed by atoms with Crippen molar-refractivity contribution in [1.82, 2.24) is 14.7 Å². The Morgan fingerprint density at radius 3 is 2.86 bits per heavy atom. The molecule has 2 aromatic rings. The Morgan fingerprint density at radius 2 is 2.19 bits per heavy atom. The normalized spacial score (nSPS) is 12.8. The van der Waals surface area contributed by atoms with Crippen LogP contribution in [-0.2, 0) is 0 Å². The lowest BCUT2D eigenvalue weighted by Crippen LogP contribution is -2.38. The third-order valence-corrected chi connectivity index (χ3v) is 4.42. The van der Waals surface area contributed by atoms with Crippen molar-refractivity contribution in [2.75, 3.05) is 6.54 Å². The second kappa shape index (κ2) is 6.82. The lowest BCUT2D eigenvalue weighted by molar-refractivity contribution is 0.0815. The van der Waals surface area contributed by atoms with Crippen molar-refractivity contribution in [3.05, 3.63) is 33.7 Å². The Hall–Kier alpha value is -1.73. The summed E-state index contributed by atoms with van der Waals surface area (Å²) in [7, 11) is 0. The van der Waals surface area contributed by atoms with E-state index in [-0.39, 0.29) is 18.0 Å². The summed E-state index contributed by atoms with van der Waals surface area (Å²) in [5.41, 5.74) is -0.404. The number of carbonyl (C=O) groups excluding carboxylic acids is 1. The predicted molar refractivity (Wildman–Crippen MR) is 81.8 cm³/mol. The van der Waals surface area contributed by atoms with E-state index < -0.39 is 17.6 Å². The molecule has 114 valence electrons. The molecule has 0 aliphatic heterocycles. The number of thiazole rings is 1. The summed E-state index contributed by atoms with van der Waals surface area (Å²) in [6, 6.07) is 0. The molecule has 0 aromatic carbocycles. The molecule has 0 spiro atoms. The first kappa shape index (κ1) is 15.7. The van der Waals surface area contributed by atoms with Crippen molar-refractivity contribution in [2.24, 2.45) is 5.92 Å². The molecule has 2 heterocycles.